The number of nitrogens with zero attached hydrogens (tertiary/aromatic N) is 2. The zero-order valence-corrected chi connectivity index (χ0v) is 8.43. The van der Waals surface area contributed by atoms with Gasteiger partial charge in [0.25, 0.3) is 0 Å². The van der Waals surface area contributed by atoms with Gasteiger partial charge < -0.3 is 0 Å². The summed E-state index contributed by atoms with van der Waals surface area (Å²) in [5, 5.41) is 3.98. The molecule has 1 aliphatic rings. The average Bonchev–Trinajstić information content (AvgIpc) is 2.87. The number of ketones is 1. The van der Waals surface area contributed by atoms with Crippen molar-refractivity contribution in [3.05, 3.63) is 10.6 Å². The number of hydrogen-bond donors (Lipinski definition) is 0. The molecule has 3 nitrogen and oxygen atoms in total. The second kappa shape index (κ2) is 3.54. The topological polar surface area (TPSA) is 42.9 Å². The van der Waals surface area contributed by atoms with Crippen molar-refractivity contribution in [2.24, 2.45) is 5.92 Å². The molecular formula is C9H12N2OS. The molecule has 0 atom stereocenters. The number of hydrogen-bond acceptors (Lipinski definition) is 4. The molecule has 4 heteroatoms. The summed E-state index contributed by atoms with van der Waals surface area (Å²) in [5.41, 5.74) is 0.907. The van der Waals surface area contributed by atoms with Gasteiger partial charge in [-0.15, -0.1) is 5.10 Å². The van der Waals surface area contributed by atoms with Crippen LogP contribution in [-0.4, -0.2) is 15.4 Å². The molecule has 0 amide bonds. The number of carbonyl (C=O) groups excluding carboxylic acids is 1. The van der Waals surface area contributed by atoms with Gasteiger partial charge in [0.1, 0.15) is 4.88 Å². The third-order valence-corrected chi connectivity index (χ3v) is 3.00. The van der Waals surface area contributed by atoms with Gasteiger partial charge in [0, 0.05) is 5.92 Å². The maximum absolute atomic E-state index is 11.7. The van der Waals surface area contributed by atoms with Crippen molar-refractivity contribution in [2.75, 3.05) is 0 Å². The summed E-state index contributed by atoms with van der Waals surface area (Å²) in [6, 6.07) is 0. The first-order valence-electron chi connectivity index (χ1n) is 4.68. The molecule has 0 bridgehead atoms. The van der Waals surface area contributed by atoms with Gasteiger partial charge in [-0.2, -0.15) is 0 Å². The van der Waals surface area contributed by atoms with Gasteiger partial charge in [-0.1, -0.05) is 17.8 Å². The zero-order valence-electron chi connectivity index (χ0n) is 7.62. The predicted octanol–water partition coefficient (Wildman–Crippen LogP) is 2.08. The number of carbonyl (C=O) groups is 1. The summed E-state index contributed by atoms with van der Waals surface area (Å²) >= 11 is 1.26. The molecule has 0 N–H and O–H groups in total. The molecule has 1 heterocycles. The van der Waals surface area contributed by atoms with Crippen LogP contribution in [0.25, 0.3) is 0 Å². The fourth-order valence-corrected chi connectivity index (χ4v) is 2.05. The van der Waals surface area contributed by atoms with Crippen LogP contribution < -0.4 is 0 Å². The molecule has 0 spiro atoms. The number of rotatable bonds is 4. The van der Waals surface area contributed by atoms with E-state index in [1.807, 2.05) is 0 Å². The Bertz CT molecular complexity index is 317. The first-order chi connectivity index (χ1) is 6.33. The number of aryl methyl sites for hydroxylation is 1. The summed E-state index contributed by atoms with van der Waals surface area (Å²) in [6.07, 6.45) is 4.02. The van der Waals surface area contributed by atoms with Crippen LogP contribution in [0.3, 0.4) is 0 Å². The number of aromatic nitrogens is 2. The van der Waals surface area contributed by atoms with Crippen molar-refractivity contribution in [3.63, 3.8) is 0 Å². The summed E-state index contributed by atoms with van der Waals surface area (Å²) in [7, 11) is 0. The molecule has 1 aliphatic carbocycles. The van der Waals surface area contributed by atoms with Gasteiger partial charge in [-0.05, 0) is 30.8 Å². The third-order valence-electron chi connectivity index (χ3n) is 2.21. The van der Waals surface area contributed by atoms with Crippen molar-refractivity contribution in [1.82, 2.24) is 9.59 Å². The van der Waals surface area contributed by atoms with Crippen molar-refractivity contribution >= 4 is 17.3 Å². The van der Waals surface area contributed by atoms with Crippen LogP contribution in [0.15, 0.2) is 0 Å². The summed E-state index contributed by atoms with van der Waals surface area (Å²) in [5.74, 6) is 0.566. The Labute approximate surface area is 81.3 Å². The van der Waals surface area contributed by atoms with E-state index in [9.17, 15) is 4.79 Å². The maximum Gasteiger partial charge on any atom is 0.179 e. The molecule has 2 rings (SSSR count). The van der Waals surface area contributed by atoms with E-state index >= 15 is 0 Å². The molecule has 13 heavy (non-hydrogen) atoms. The molecule has 0 unspecified atom stereocenters. The van der Waals surface area contributed by atoms with Crippen LogP contribution in [0, 0.1) is 5.92 Å². The highest BCUT2D eigenvalue weighted by Gasteiger charge is 2.33. The zero-order chi connectivity index (χ0) is 9.26. The van der Waals surface area contributed by atoms with Crippen molar-refractivity contribution in [1.29, 1.82) is 0 Å². The van der Waals surface area contributed by atoms with Gasteiger partial charge in [-0.3, -0.25) is 4.79 Å². The second-order valence-corrected chi connectivity index (χ2v) is 4.19. The van der Waals surface area contributed by atoms with Crippen LogP contribution >= 0.6 is 11.5 Å². The normalized spacial score (nSPS) is 16.1. The van der Waals surface area contributed by atoms with Gasteiger partial charge in [0.2, 0.25) is 0 Å². The maximum atomic E-state index is 11.7. The quantitative estimate of drug-likeness (QED) is 0.692. The molecule has 1 fully saturated rings. The average molecular weight is 196 g/mol. The van der Waals surface area contributed by atoms with Gasteiger partial charge in [-0.25, -0.2) is 0 Å². The van der Waals surface area contributed by atoms with Crippen LogP contribution in [0.2, 0.25) is 0 Å². The monoisotopic (exact) mass is 196 g/mol. The molecule has 1 aromatic rings. The van der Waals surface area contributed by atoms with Gasteiger partial charge in [0.05, 0.1) is 5.69 Å². The lowest BCUT2D eigenvalue weighted by Gasteiger charge is -1.95. The highest BCUT2D eigenvalue weighted by Crippen LogP contribution is 2.34. The lowest BCUT2D eigenvalue weighted by molar-refractivity contribution is 0.0970. The van der Waals surface area contributed by atoms with Crippen molar-refractivity contribution in [3.8, 4) is 0 Å². The first-order valence-corrected chi connectivity index (χ1v) is 5.45. The molecule has 0 aliphatic heterocycles. The Balaban J connectivity index is 2.17. The molecule has 0 aromatic carbocycles. The van der Waals surface area contributed by atoms with E-state index in [1.165, 1.54) is 11.5 Å². The van der Waals surface area contributed by atoms with Crippen LogP contribution in [0.4, 0.5) is 0 Å². The summed E-state index contributed by atoms with van der Waals surface area (Å²) in [4.78, 5) is 12.5. The highest BCUT2D eigenvalue weighted by molar-refractivity contribution is 7.08. The van der Waals surface area contributed by atoms with E-state index in [4.69, 9.17) is 0 Å². The number of Topliss-reactive ketones (excluding diaryl/α,β-unsaturated/α-hetero) is 1. The first kappa shape index (κ1) is 8.81. The Morgan fingerprint density at radius 3 is 3.00 bits per heavy atom. The van der Waals surface area contributed by atoms with E-state index in [-0.39, 0.29) is 11.7 Å². The van der Waals surface area contributed by atoms with E-state index < -0.39 is 0 Å². The SMILES string of the molecule is CCCc1nnsc1C(=O)C1CC1. The highest BCUT2D eigenvalue weighted by atomic mass is 32.1. The molecule has 70 valence electrons. The Kier molecular flexibility index (Phi) is 2.40. The van der Waals surface area contributed by atoms with E-state index in [0.717, 1.165) is 36.3 Å². The second-order valence-electron chi connectivity index (χ2n) is 3.44. The van der Waals surface area contributed by atoms with Crippen molar-refractivity contribution < 1.29 is 4.79 Å². The predicted molar refractivity (Wildman–Crippen MR) is 51.0 cm³/mol. The molecule has 1 aromatic heterocycles. The van der Waals surface area contributed by atoms with Crippen LogP contribution in [0.1, 0.15) is 41.6 Å². The lowest BCUT2D eigenvalue weighted by atomic mass is 10.1. The fourth-order valence-electron chi connectivity index (χ4n) is 1.33. The largest absolute Gasteiger partial charge is 0.293 e. The Morgan fingerprint density at radius 1 is 1.62 bits per heavy atom. The standard InChI is InChI=1S/C9H12N2OS/c1-2-3-7-9(13-11-10-7)8(12)6-4-5-6/h6H,2-5H2,1H3. The van der Waals surface area contributed by atoms with Gasteiger partial charge >= 0.3 is 0 Å². The smallest absolute Gasteiger partial charge is 0.179 e. The summed E-state index contributed by atoms with van der Waals surface area (Å²) < 4.78 is 3.84. The van der Waals surface area contributed by atoms with Gasteiger partial charge in [0.15, 0.2) is 5.78 Å². The lowest BCUT2D eigenvalue weighted by Crippen LogP contribution is -2.02. The van der Waals surface area contributed by atoms with E-state index in [2.05, 4.69) is 16.5 Å². The molecule has 0 radical (unpaired) electrons. The summed E-state index contributed by atoms with van der Waals surface area (Å²) in [6.45, 7) is 2.09. The molecule has 1 saturated carbocycles. The third kappa shape index (κ3) is 1.77. The van der Waals surface area contributed by atoms with Crippen molar-refractivity contribution in [2.45, 2.75) is 32.6 Å². The molecule has 0 saturated heterocycles. The minimum absolute atomic E-state index is 0.276. The van der Waals surface area contributed by atoms with Crippen LogP contribution in [0.5, 0.6) is 0 Å². The Morgan fingerprint density at radius 2 is 2.38 bits per heavy atom. The minimum atomic E-state index is 0.276. The molecular weight excluding hydrogens is 184 g/mol. The minimum Gasteiger partial charge on any atom is -0.293 e. The van der Waals surface area contributed by atoms with E-state index in [0.29, 0.717) is 0 Å². The van der Waals surface area contributed by atoms with Crippen LogP contribution in [-0.2, 0) is 6.42 Å². The van der Waals surface area contributed by atoms with E-state index in [1.54, 1.807) is 0 Å². The Hall–Kier alpha value is -0.770. The fraction of sp³-hybridized carbons (Fsp3) is 0.667.